The second-order valence-electron chi connectivity index (χ2n) is 3.35. The molecule has 0 aliphatic carbocycles. The maximum Gasteiger partial charge on any atom is 0.344 e. The number of nitrogens with two attached hydrogens (primary N) is 1. The minimum atomic E-state index is -1.22. The van der Waals surface area contributed by atoms with Crippen molar-refractivity contribution in [2.75, 3.05) is 12.8 Å². The Morgan fingerprint density at radius 1 is 1.41 bits per heavy atom. The first-order valence-electron chi connectivity index (χ1n) is 4.83. The highest BCUT2D eigenvalue weighted by atomic mass is 16.6. The summed E-state index contributed by atoms with van der Waals surface area (Å²) in [6, 6.07) is 4.39. The van der Waals surface area contributed by atoms with E-state index in [4.69, 9.17) is 20.3 Å². The van der Waals surface area contributed by atoms with Crippen molar-refractivity contribution in [3.63, 3.8) is 0 Å². The molecule has 0 amide bonds. The van der Waals surface area contributed by atoms with Gasteiger partial charge in [0.25, 0.3) is 0 Å². The van der Waals surface area contributed by atoms with E-state index in [0.29, 0.717) is 5.69 Å². The fourth-order valence-corrected chi connectivity index (χ4v) is 1.15. The molecule has 0 bridgehead atoms. The average molecular weight is 239 g/mol. The van der Waals surface area contributed by atoms with Gasteiger partial charge in [0.05, 0.1) is 7.11 Å². The summed E-state index contributed by atoms with van der Waals surface area (Å²) in [5.74, 6) is -1.74. The number of ether oxygens (including phenoxy) is 2. The molecule has 0 aliphatic rings. The Morgan fingerprint density at radius 2 is 2.06 bits per heavy atom. The van der Waals surface area contributed by atoms with E-state index in [-0.39, 0.29) is 11.3 Å². The lowest BCUT2D eigenvalue weighted by atomic mass is 10.2. The molecule has 0 aliphatic heterocycles. The number of nitrogen functional groups attached to an aromatic ring is 1. The quantitative estimate of drug-likeness (QED) is 0.598. The summed E-state index contributed by atoms with van der Waals surface area (Å²) in [6.07, 6.45) is -1.22. The zero-order valence-electron chi connectivity index (χ0n) is 9.47. The van der Waals surface area contributed by atoms with Crippen LogP contribution in [0, 0.1) is 0 Å². The van der Waals surface area contributed by atoms with Gasteiger partial charge in [0.1, 0.15) is 11.3 Å². The first kappa shape index (κ1) is 12.8. The summed E-state index contributed by atoms with van der Waals surface area (Å²) < 4.78 is 9.68. The molecule has 1 aromatic carbocycles. The van der Waals surface area contributed by atoms with Gasteiger partial charge < -0.3 is 20.3 Å². The zero-order chi connectivity index (χ0) is 13.0. The van der Waals surface area contributed by atoms with Crippen molar-refractivity contribution in [1.29, 1.82) is 0 Å². The van der Waals surface area contributed by atoms with Gasteiger partial charge in [-0.05, 0) is 19.1 Å². The summed E-state index contributed by atoms with van der Waals surface area (Å²) in [5, 5.41) is 8.62. The fourth-order valence-electron chi connectivity index (χ4n) is 1.15. The third-order valence-electron chi connectivity index (χ3n) is 2.08. The summed E-state index contributed by atoms with van der Waals surface area (Å²) in [6.45, 7) is 1.27. The predicted octanol–water partition coefficient (Wildman–Crippen LogP) is 0.907. The molecule has 0 fully saturated rings. The van der Waals surface area contributed by atoms with E-state index < -0.39 is 18.0 Å². The molecule has 0 saturated carbocycles. The van der Waals surface area contributed by atoms with Crippen LogP contribution in [0.4, 0.5) is 5.69 Å². The van der Waals surface area contributed by atoms with Gasteiger partial charge in [-0.3, -0.25) is 0 Å². The SMILES string of the molecule is COc1cc(N)ccc1C(=O)OC(C)C(=O)O. The smallest absolute Gasteiger partial charge is 0.344 e. The monoisotopic (exact) mass is 239 g/mol. The van der Waals surface area contributed by atoms with Gasteiger partial charge in [-0.2, -0.15) is 0 Å². The van der Waals surface area contributed by atoms with Crippen LogP contribution in [0.25, 0.3) is 0 Å². The Balaban J connectivity index is 2.92. The van der Waals surface area contributed by atoms with Crippen LogP contribution in [-0.4, -0.2) is 30.3 Å². The van der Waals surface area contributed by atoms with Gasteiger partial charge in [-0.1, -0.05) is 0 Å². The first-order chi connectivity index (χ1) is 7.95. The molecule has 6 nitrogen and oxygen atoms in total. The van der Waals surface area contributed by atoms with Crippen molar-refractivity contribution < 1.29 is 24.2 Å². The molecule has 3 N–H and O–H groups in total. The molecule has 0 spiro atoms. The minimum absolute atomic E-state index is 0.134. The van der Waals surface area contributed by atoms with Crippen LogP contribution >= 0.6 is 0 Å². The first-order valence-corrected chi connectivity index (χ1v) is 4.83. The number of hydrogen-bond acceptors (Lipinski definition) is 5. The number of benzene rings is 1. The highest BCUT2D eigenvalue weighted by Crippen LogP contribution is 2.22. The van der Waals surface area contributed by atoms with E-state index in [1.54, 1.807) is 0 Å². The maximum atomic E-state index is 11.6. The molecule has 1 aromatic rings. The number of esters is 1. The number of methoxy groups -OCH3 is 1. The number of rotatable bonds is 4. The molecule has 0 saturated heterocycles. The third-order valence-corrected chi connectivity index (χ3v) is 2.08. The third kappa shape index (κ3) is 3.10. The summed E-state index contributed by atoms with van der Waals surface area (Å²) in [7, 11) is 1.38. The second-order valence-corrected chi connectivity index (χ2v) is 3.35. The fraction of sp³-hybridized carbons (Fsp3) is 0.273. The van der Waals surface area contributed by atoms with E-state index in [0.717, 1.165) is 0 Å². The summed E-state index contributed by atoms with van der Waals surface area (Å²) in [4.78, 5) is 22.2. The van der Waals surface area contributed by atoms with Crippen molar-refractivity contribution in [2.45, 2.75) is 13.0 Å². The summed E-state index contributed by atoms with van der Waals surface area (Å²) in [5.41, 5.74) is 6.10. The minimum Gasteiger partial charge on any atom is -0.496 e. The second kappa shape index (κ2) is 5.20. The number of hydrogen-bond donors (Lipinski definition) is 2. The Kier molecular flexibility index (Phi) is 3.92. The molecule has 92 valence electrons. The zero-order valence-corrected chi connectivity index (χ0v) is 9.47. The Hall–Kier alpha value is -2.24. The van der Waals surface area contributed by atoms with E-state index in [2.05, 4.69) is 0 Å². The van der Waals surface area contributed by atoms with E-state index in [1.165, 1.54) is 32.2 Å². The number of carbonyl (C=O) groups excluding carboxylic acids is 1. The van der Waals surface area contributed by atoms with Crippen molar-refractivity contribution in [3.05, 3.63) is 23.8 Å². The molecule has 1 unspecified atom stereocenters. The Bertz CT molecular complexity index is 443. The molecule has 0 radical (unpaired) electrons. The van der Waals surface area contributed by atoms with E-state index in [9.17, 15) is 9.59 Å². The Morgan fingerprint density at radius 3 is 2.59 bits per heavy atom. The molecule has 17 heavy (non-hydrogen) atoms. The lowest BCUT2D eigenvalue weighted by Crippen LogP contribution is -2.23. The summed E-state index contributed by atoms with van der Waals surface area (Å²) >= 11 is 0. The van der Waals surface area contributed by atoms with Gasteiger partial charge in [-0.15, -0.1) is 0 Å². The van der Waals surface area contributed by atoms with Crippen LogP contribution in [0.15, 0.2) is 18.2 Å². The number of aliphatic carboxylic acids is 1. The van der Waals surface area contributed by atoms with Crippen molar-refractivity contribution in [3.8, 4) is 5.75 Å². The molecule has 0 heterocycles. The molecular formula is C11H13NO5. The van der Waals surface area contributed by atoms with Gasteiger partial charge in [0.2, 0.25) is 0 Å². The van der Waals surface area contributed by atoms with Crippen LogP contribution in [0.2, 0.25) is 0 Å². The number of anilines is 1. The van der Waals surface area contributed by atoms with Gasteiger partial charge >= 0.3 is 11.9 Å². The molecule has 6 heteroatoms. The highest BCUT2D eigenvalue weighted by molar-refractivity contribution is 5.94. The van der Waals surface area contributed by atoms with Crippen LogP contribution in [-0.2, 0) is 9.53 Å². The van der Waals surface area contributed by atoms with Crippen molar-refractivity contribution in [2.24, 2.45) is 0 Å². The molecular weight excluding hydrogens is 226 g/mol. The Labute approximate surface area is 97.9 Å². The molecule has 0 aromatic heterocycles. The topological polar surface area (TPSA) is 98.9 Å². The maximum absolute atomic E-state index is 11.6. The number of carboxylic acids is 1. The molecule has 1 atom stereocenters. The van der Waals surface area contributed by atoms with Crippen LogP contribution in [0.1, 0.15) is 17.3 Å². The standard InChI is InChI=1S/C11H13NO5/c1-6(10(13)14)17-11(15)8-4-3-7(12)5-9(8)16-2/h3-6H,12H2,1-2H3,(H,13,14). The normalized spacial score (nSPS) is 11.6. The van der Waals surface area contributed by atoms with E-state index >= 15 is 0 Å². The number of carbonyl (C=O) groups is 2. The number of carboxylic acid groups (broad SMARTS) is 1. The predicted molar refractivity (Wildman–Crippen MR) is 59.9 cm³/mol. The largest absolute Gasteiger partial charge is 0.496 e. The highest BCUT2D eigenvalue weighted by Gasteiger charge is 2.20. The van der Waals surface area contributed by atoms with Crippen molar-refractivity contribution >= 4 is 17.6 Å². The van der Waals surface area contributed by atoms with Crippen molar-refractivity contribution in [1.82, 2.24) is 0 Å². The van der Waals surface area contributed by atoms with Crippen LogP contribution in [0.5, 0.6) is 5.75 Å². The molecule has 1 rings (SSSR count). The van der Waals surface area contributed by atoms with Gasteiger partial charge in [0.15, 0.2) is 6.10 Å². The average Bonchev–Trinajstić information content (AvgIpc) is 2.28. The lowest BCUT2D eigenvalue weighted by Gasteiger charge is -2.11. The van der Waals surface area contributed by atoms with E-state index in [1.807, 2.05) is 0 Å². The van der Waals surface area contributed by atoms with Gasteiger partial charge in [0, 0.05) is 11.8 Å². The van der Waals surface area contributed by atoms with Crippen LogP contribution < -0.4 is 10.5 Å². The lowest BCUT2D eigenvalue weighted by molar-refractivity contribution is -0.146. The van der Waals surface area contributed by atoms with Gasteiger partial charge in [-0.25, -0.2) is 9.59 Å². The van der Waals surface area contributed by atoms with Crippen LogP contribution in [0.3, 0.4) is 0 Å².